The molecular weight excluding hydrogens is 460 g/mol. The topological polar surface area (TPSA) is 78.3 Å². The second-order valence-electron chi connectivity index (χ2n) is 7.64. The minimum absolute atomic E-state index is 0.0849. The van der Waals surface area contributed by atoms with E-state index in [1.165, 1.54) is 6.92 Å². The normalized spacial score (nSPS) is 11.6. The number of aromatic nitrogens is 2. The van der Waals surface area contributed by atoms with Gasteiger partial charge in [0.05, 0.1) is 29.9 Å². The second-order valence-corrected chi connectivity index (χ2v) is 10.4. The SMILES string of the molecule is CCS(=O)(=O)CC(=O)c1cccc(Cn2c(-c3ccccc3)cc3cc(OC)c(Cl)cc32)n1. The van der Waals surface area contributed by atoms with Crippen molar-refractivity contribution < 1.29 is 17.9 Å². The molecule has 0 aliphatic rings. The van der Waals surface area contributed by atoms with Crippen LogP contribution >= 0.6 is 11.6 Å². The molecule has 0 aliphatic carbocycles. The molecule has 4 aromatic rings. The highest BCUT2D eigenvalue weighted by molar-refractivity contribution is 7.92. The first kappa shape index (κ1) is 23.0. The fourth-order valence-electron chi connectivity index (χ4n) is 3.70. The molecule has 6 nitrogen and oxygen atoms in total. The zero-order chi connectivity index (χ0) is 23.6. The number of hydrogen-bond donors (Lipinski definition) is 0. The molecule has 0 amide bonds. The van der Waals surface area contributed by atoms with Gasteiger partial charge in [-0.15, -0.1) is 0 Å². The Morgan fingerprint density at radius 2 is 1.82 bits per heavy atom. The van der Waals surface area contributed by atoms with Gasteiger partial charge in [0.2, 0.25) is 0 Å². The molecule has 0 saturated heterocycles. The lowest BCUT2D eigenvalue weighted by Crippen LogP contribution is -2.19. The van der Waals surface area contributed by atoms with Gasteiger partial charge < -0.3 is 9.30 Å². The summed E-state index contributed by atoms with van der Waals surface area (Å²) in [5, 5.41) is 1.45. The van der Waals surface area contributed by atoms with E-state index < -0.39 is 21.4 Å². The van der Waals surface area contributed by atoms with Gasteiger partial charge in [-0.2, -0.15) is 0 Å². The lowest BCUT2D eigenvalue weighted by atomic mass is 10.1. The van der Waals surface area contributed by atoms with E-state index in [1.54, 1.807) is 19.2 Å². The number of ketones is 1. The van der Waals surface area contributed by atoms with Gasteiger partial charge in [-0.05, 0) is 35.9 Å². The summed E-state index contributed by atoms with van der Waals surface area (Å²) in [6.45, 7) is 1.90. The largest absolute Gasteiger partial charge is 0.495 e. The molecule has 0 fully saturated rings. The number of halogens is 1. The van der Waals surface area contributed by atoms with Crippen LogP contribution in [0.5, 0.6) is 5.75 Å². The Balaban J connectivity index is 1.78. The number of nitrogens with zero attached hydrogens (tertiary/aromatic N) is 2. The zero-order valence-corrected chi connectivity index (χ0v) is 19.9. The number of carbonyl (C=O) groups excluding carboxylic acids is 1. The standard InChI is InChI=1S/C25H23ClN2O4S/c1-3-33(30,31)16-24(29)21-11-7-10-19(27-21)15-28-22(17-8-5-4-6-9-17)12-18-13-25(32-2)20(26)14-23(18)28/h4-14H,3,15-16H2,1-2H3. The predicted molar refractivity (Wildman–Crippen MR) is 131 cm³/mol. The van der Waals surface area contributed by atoms with Gasteiger partial charge in [0, 0.05) is 16.8 Å². The lowest BCUT2D eigenvalue weighted by Gasteiger charge is -2.12. The van der Waals surface area contributed by atoms with Crippen molar-refractivity contribution in [3.63, 3.8) is 0 Å². The molecule has 0 N–H and O–H groups in total. The summed E-state index contributed by atoms with van der Waals surface area (Å²) in [5.41, 5.74) is 3.65. The molecule has 4 rings (SSSR count). The Morgan fingerprint density at radius 1 is 1.06 bits per heavy atom. The van der Waals surface area contributed by atoms with Crippen molar-refractivity contribution in [2.75, 3.05) is 18.6 Å². The van der Waals surface area contributed by atoms with E-state index in [2.05, 4.69) is 15.6 Å². The summed E-state index contributed by atoms with van der Waals surface area (Å²) in [6, 6.07) is 20.8. The highest BCUT2D eigenvalue weighted by Gasteiger charge is 2.19. The molecule has 0 saturated carbocycles. The highest BCUT2D eigenvalue weighted by Crippen LogP contribution is 2.35. The van der Waals surface area contributed by atoms with Crippen LogP contribution in [0.25, 0.3) is 22.2 Å². The van der Waals surface area contributed by atoms with Gasteiger partial charge >= 0.3 is 0 Å². The number of methoxy groups -OCH3 is 1. The Bertz CT molecular complexity index is 1430. The van der Waals surface area contributed by atoms with Crippen molar-refractivity contribution in [2.45, 2.75) is 13.5 Å². The van der Waals surface area contributed by atoms with Gasteiger partial charge in [0.25, 0.3) is 0 Å². The number of ether oxygens (including phenoxy) is 1. The average molecular weight is 483 g/mol. The predicted octanol–water partition coefficient (Wildman–Crippen LogP) is 5.03. The third-order valence-corrected chi connectivity index (χ3v) is 7.32. The molecule has 33 heavy (non-hydrogen) atoms. The van der Waals surface area contributed by atoms with Gasteiger partial charge in [0.15, 0.2) is 15.6 Å². The van der Waals surface area contributed by atoms with Crippen molar-refractivity contribution >= 4 is 38.1 Å². The molecule has 2 heterocycles. The minimum atomic E-state index is -3.43. The van der Waals surface area contributed by atoms with Gasteiger partial charge in [-0.25, -0.2) is 13.4 Å². The first-order valence-electron chi connectivity index (χ1n) is 10.4. The van der Waals surface area contributed by atoms with Crippen molar-refractivity contribution in [3.8, 4) is 17.0 Å². The fourth-order valence-corrected chi connectivity index (χ4v) is 4.69. The molecule has 0 spiro atoms. The summed E-state index contributed by atoms with van der Waals surface area (Å²) in [6.07, 6.45) is 0. The van der Waals surface area contributed by atoms with Crippen molar-refractivity contribution in [1.29, 1.82) is 0 Å². The van der Waals surface area contributed by atoms with E-state index in [0.29, 0.717) is 23.0 Å². The number of hydrogen-bond acceptors (Lipinski definition) is 5. The fraction of sp³-hybridized carbons (Fsp3) is 0.200. The van der Waals surface area contributed by atoms with Crippen LogP contribution in [0.3, 0.4) is 0 Å². The molecule has 2 aromatic carbocycles. The zero-order valence-electron chi connectivity index (χ0n) is 18.3. The van der Waals surface area contributed by atoms with E-state index in [9.17, 15) is 13.2 Å². The lowest BCUT2D eigenvalue weighted by molar-refractivity contribution is 0.101. The van der Waals surface area contributed by atoms with Crippen LogP contribution in [0.2, 0.25) is 5.02 Å². The number of rotatable bonds is 8. The summed E-state index contributed by atoms with van der Waals surface area (Å²) in [5.74, 6) is -0.550. The molecule has 0 radical (unpaired) electrons. The van der Waals surface area contributed by atoms with Crippen molar-refractivity contribution in [2.24, 2.45) is 0 Å². The molecule has 0 bridgehead atoms. The number of carbonyl (C=O) groups is 1. The average Bonchev–Trinajstić information content (AvgIpc) is 3.16. The van der Waals surface area contributed by atoms with Crippen LogP contribution in [0, 0.1) is 0 Å². The summed E-state index contributed by atoms with van der Waals surface area (Å²) < 4.78 is 31.2. The molecular formula is C25H23ClN2O4S. The number of fused-ring (bicyclic) bond motifs is 1. The van der Waals surface area contributed by atoms with Crippen molar-refractivity contribution in [1.82, 2.24) is 9.55 Å². The number of sulfone groups is 1. The van der Waals surface area contributed by atoms with Gasteiger partial charge in [0.1, 0.15) is 17.2 Å². The smallest absolute Gasteiger partial charge is 0.196 e. The van der Waals surface area contributed by atoms with E-state index >= 15 is 0 Å². The highest BCUT2D eigenvalue weighted by atomic mass is 35.5. The molecule has 2 aromatic heterocycles. The van der Waals surface area contributed by atoms with Gasteiger partial charge in [-0.3, -0.25) is 4.79 Å². The maximum Gasteiger partial charge on any atom is 0.196 e. The Hall–Kier alpha value is -3.16. The van der Waals surface area contributed by atoms with Crippen LogP contribution in [0.4, 0.5) is 0 Å². The number of Topliss-reactive ketones (excluding diaryl/α,β-unsaturated/α-hetero) is 1. The van der Waals surface area contributed by atoms with E-state index in [0.717, 1.165) is 22.2 Å². The van der Waals surface area contributed by atoms with Crippen LogP contribution in [0.1, 0.15) is 23.1 Å². The van der Waals surface area contributed by atoms with E-state index in [4.69, 9.17) is 16.3 Å². The third kappa shape index (κ3) is 4.94. The third-order valence-electron chi connectivity index (χ3n) is 5.45. The summed E-state index contributed by atoms with van der Waals surface area (Å²) >= 11 is 6.42. The van der Waals surface area contributed by atoms with Crippen LogP contribution in [0.15, 0.2) is 66.7 Å². The monoisotopic (exact) mass is 482 g/mol. The molecule has 0 atom stereocenters. The first-order chi connectivity index (χ1) is 15.8. The van der Waals surface area contributed by atoms with Crippen LogP contribution in [-0.2, 0) is 16.4 Å². The van der Waals surface area contributed by atoms with Crippen LogP contribution < -0.4 is 4.74 Å². The maximum atomic E-state index is 12.5. The summed E-state index contributed by atoms with van der Waals surface area (Å²) in [7, 11) is -1.86. The van der Waals surface area contributed by atoms with Crippen molar-refractivity contribution in [3.05, 3.63) is 83.1 Å². The molecule has 170 valence electrons. The number of benzene rings is 2. The van der Waals surface area contributed by atoms with E-state index in [1.807, 2.05) is 48.5 Å². The molecule has 0 aliphatic heterocycles. The first-order valence-corrected chi connectivity index (χ1v) is 12.6. The Kier molecular flexibility index (Phi) is 6.54. The molecule has 8 heteroatoms. The summed E-state index contributed by atoms with van der Waals surface area (Å²) in [4.78, 5) is 17.0. The van der Waals surface area contributed by atoms with Crippen LogP contribution in [-0.4, -0.2) is 42.4 Å². The second kappa shape index (κ2) is 9.37. The maximum absolute atomic E-state index is 12.5. The van der Waals surface area contributed by atoms with E-state index in [-0.39, 0.29) is 11.4 Å². The molecule has 0 unspecified atom stereocenters. The Labute approximate surface area is 197 Å². The minimum Gasteiger partial charge on any atom is -0.495 e. The number of pyridine rings is 1. The van der Waals surface area contributed by atoms with Gasteiger partial charge in [-0.1, -0.05) is 54.9 Å². The quantitative estimate of drug-likeness (QED) is 0.329. The Morgan fingerprint density at radius 3 is 2.52 bits per heavy atom.